The Kier molecular flexibility index (Phi) is 5.84. The molecule has 0 fully saturated rings. The Hall–Kier alpha value is -2.00. The Morgan fingerprint density at radius 2 is 1.86 bits per heavy atom. The first kappa shape index (κ1) is 16.4. The van der Waals surface area contributed by atoms with Gasteiger partial charge in [0.2, 0.25) is 5.91 Å². The maximum Gasteiger partial charge on any atom is 0.226 e. The van der Waals surface area contributed by atoms with E-state index in [0.29, 0.717) is 18.0 Å². The molecule has 3 nitrogen and oxygen atoms in total. The molecule has 2 aromatic carbocycles. The molecule has 0 radical (unpaired) electrons. The van der Waals surface area contributed by atoms with Gasteiger partial charge < -0.3 is 10.6 Å². The first-order valence-corrected chi connectivity index (χ1v) is 7.85. The molecule has 0 saturated heterocycles. The molecule has 116 valence electrons. The van der Waals surface area contributed by atoms with E-state index < -0.39 is 0 Å². The Bertz CT molecular complexity index is 638. The zero-order valence-corrected chi connectivity index (χ0v) is 13.7. The number of hydrogen-bond acceptors (Lipinski definition) is 2. The summed E-state index contributed by atoms with van der Waals surface area (Å²) in [4.78, 5) is 12.0. The number of hydrogen-bond donors (Lipinski definition) is 2. The highest BCUT2D eigenvalue weighted by Crippen LogP contribution is 2.19. The van der Waals surface area contributed by atoms with Crippen molar-refractivity contribution in [3.05, 3.63) is 58.6 Å². The van der Waals surface area contributed by atoms with Crippen molar-refractivity contribution in [3.63, 3.8) is 0 Å². The van der Waals surface area contributed by atoms with Crippen molar-refractivity contribution in [3.8, 4) is 0 Å². The van der Waals surface area contributed by atoms with Gasteiger partial charge in [0.1, 0.15) is 0 Å². The largest absolute Gasteiger partial charge is 0.385 e. The highest BCUT2D eigenvalue weighted by atomic mass is 35.5. The number of halogens is 1. The number of aryl methyl sites for hydroxylation is 2. The van der Waals surface area contributed by atoms with Crippen LogP contribution < -0.4 is 10.6 Å². The van der Waals surface area contributed by atoms with E-state index in [1.165, 1.54) is 5.56 Å². The van der Waals surface area contributed by atoms with Gasteiger partial charge >= 0.3 is 0 Å². The van der Waals surface area contributed by atoms with E-state index in [2.05, 4.69) is 29.7 Å². The Labute approximate surface area is 136 Å². The zero-order chi connectivity index (χ0) is 15.9. The number of rotatable bonds is 6. The Balaban J connectivity index is 1.79. The highest BCUT2D eigenvalue weighted by molar-refractivity contribution is 6.30. The van der Waals surface area contributed by atoms with Gasteiger partial charge in [-0.1, -0.05) is 30.7 Å². The summed E-state index contributed by atoms with van der Waals surface area (Å²) < 4.78 is 0. The van der Waals surface area contributed by atoms with Crippen molar-refractivity contribution in [1.29, 1.82) is 0 Å². The third-order valence-electron chi connectivity index (χ3n) is 3.51. The molecule has 0 bridgehead atoms. The number of amides is 1. The van der Waals surface area contributed by atoms with Crippen LogP contribution >= 0.6 is 11.6 Å². The average molecular weight is 317 g/mol. The van der Waals surface area contributed by atoms with Crippen LogP contribution in [0.15, 0.2) is 42.5 Å². The normalized spacial score (nSPS) is 10.3. The van der Waals surface area contributed by atoms with E-state index in [1.54, 1.807) is 6.07 Å². The van der Waals surface area contributed by atoms with Crippen molar-refractivity contribution in [2.75, 3.05) is 17.2 Å². The van der Waals surface area contributed by atoms with E-state index in [1.807, 2.05) is 31.2 Å². The predicted molar refractivity (Wildman–Crippen MR) is 93.7 cm³/mol. The lowest BCUT2D eigenvalue weighted by molar-refractivity contribution is -0.115. The molecular formula is C18H21ClN2O. The molecule has 0 aliphatic carbocycles. The molecule has 2 rings (SSSR count). The fourth-order valence-corrected chi connectivity index (χ4v) is 2.39. The van der Waals surface area contributed by atoms with Gasteiger partial charge in [-0.3, -0.25) is 4.79 Å². The number of anilines is 2. The smallest absolute Gasteiger partial charge is 0.226 e. The highest BCUT2D eigenvalue weighted by Gasteiger charge is 2.05. The second kappa shape index (κ2) is 7.85. The van der Waals surface area contributed by atoms with Gasteiger partial charge in [0, 0.05) is 29.4 Å². The van der Waals surface area contributed by atoms with Crippen LogP contribution in [0.2, 0.25) is 5.02 Å². The predicted octanol–water partition coefficient (Wildman–Crippen LogP) is 4.65. The van der Waals surface area contributed by atoms with Gasteiger partial charge in [0.15, 0.2) is 0 Å². The quantitative estimate of drug-likeness (QED) is 0.814. The summed E-state index contributed by atoms with van der Waals surface area (Å²) in [5, 5.41) is 6.83. The van der Waals surface area contributed by atoms with Crippen LogP contribution in [0, 0.1) is 6.92 Å². The fraction of sp³-hybridized carbons (Fsp3) is 0.278. The number of nitrogens with one attached hydrogen (secondary N) is 2. The number of carbonyl (C=O) groups is 1. The third-order valence-corrected chi connectivity index (χ3v) is 3.74. The molecule has 1 amide bonds. The molecule has 4 heteroatoms. The minimum Gasteiger partial charge on any atom is -0.385 e. The first-order valence-electron chi connectivity index (χ1n) is 7.47. The summed E-state index contributed by atoms with van der Waals surface area (Å²) in [5.74, 6) is -0.0110. The first-order chi connectivity index (χ1) is 10.6. The van der Waals surface area contributed by atoms with Gasteiger partial charge in [-0.2, -0.15) is 0 Å². The molecule has 2 aromatic rings. The number of benzene rings is 2. The number of carbonyl (C=O) groups excluding carboxylic acids is 1. The van der Waals surface area contributed by atoms with Gasteiger partial charge in [-0.15, -0.1) is 0 Å². The molecule has 0 unspecified atom stereocenters. The summed E-state index contributed by atoms with van der Waals surface area (Å²) in [6.07, 6.45) is 1.45. The summed E-state index contributed by atoms with van der Waals surface area (Å²) in [6, 6.07) is 13.7. The molecule has 0 aliphatic heterocycles. The topological polar surface area (TPSA) is 41.1 Å². The van der Waals surface area contributed by atoms with Gasteiger partial charge in [-0.25, -0.2) is 0 Å². The van der Waals surface area contributed by atoms with Crippen molar-refractivity contribution in [2.45, 2.75) is 26.7 Å². The lowest BCUT2D eigenvalue weighted by atomic mass is 10.1. The van der Waals surface area contributed by atoms with E-state index in [9.17, 15) is 4.79 Å². The average Bonchev–Trinajstić information content (AvgIpc) is 2.51. The molecule has 22 heavy (non-hydrogen) atoms. The van der Waals surface area contributed by atoms with E-state index in [-0.39, 0.29) is 5.91 Å². The van der Waals surface area contributed by atoms with Crippen LogP contribution in [0.5, 0.6) is 0 Å². The molecule has 0 saturated carbocycles. The van der Waals surface area contributed by atoms with Crippen LogP contribution in [-0.2, 0) is 11.2 Å². The third kappa shape index (κ3) is 4.78. The summed E-state index contributed by atoms with van der Waals surface area (Å²) >= 11 is 5.90. The SMILES string of the molecule is CCc1ccc(NCCC(=O)Nc2ccc(Cl)cc2C)cc1. The van der Waals surface area contributed by atoms with Crippen molar-refractivity contribution >= 4 is 28.9 Å². The molecular weight excluding hydrogens is 296 g/mol. The van der Waals surface area contributed by atoms with E-state index >= 15 is 0 Å². The molecule has 0 atom stereocenters. The minimum atomic E-state index is -0.0110. The van der Waals surface area contributed by atoms with E-state index in [0.717, 1.165) is 23.4 Å². The van der Waals surface area contributed by atoms with Gasteiger partial charge in [0.05, 0.1) is 0 Å². The second-order valence-corrected chi connectivity index (χ2v) is 5.67. The lowest BCUT2D eigenvalue weighted by Crippen LogP contribution is -2.16. The van der Waals surface area contributed by atoms with Crippen LogP contribution in [0.4, 0.5) is 11.4 Å². The van der Waals surface area contributed by atoms with Crippen LogP contribution in [0.25, 0.3) is 0 Å². The summed E-state index contributed by atoms with van der Waals surface area (Å²) in [7, 11) is 0. The van der Waals surface area contributed by atoms with Crippen LogP contribution in [0.1, 0.15) is 24.5 Å². The molecule has 0 heterocycles. The lowest BCUT2D eigenvalue weighted by Gasteiger charge is -2.10. The molecule has 0 spiro atoms. The Morgan fingerprint density at radius 3 is 2.50 bits per heavy atom. The monoisotopic (exact) mass is 316 g/mol. The van der Waals surface area contributed by atoms with Crippen LogP contribution in [0.3, 0.4) is 0 Å². The minimum absolute atomic E-state index is 0.0110. The van der Waals surface area contributed by atoms with Crippen molar-refractivity contribution in [2.24, 2.45) is 0 Å². The molecule has 2 N–H and O–H groups in total. The fourth-order valence-electron chi connectivity index (χ4n) is 2.16. The zero-order valence-electron chi connectivity index (χ0n) is 12.9. The summed E-state index contributed by atoms with van der Waals surface area (Å²) in [5.41, 5.74) is 4.11. The van der Waals surface area contributed by atoms with Gasteiger partial charge in [-0.05, 0) is 54.8 Å². The molecule has 0 aliphatic rings. The van der Waals surface area contributed by atoms with Crippen LogP contribution in [-0.4, -0.2) is 12.5 Å². The standard InChI is InChI=1S/C18H21ClN2O/c1-3-14-4-7-16(8-5-14)20-11-10-18(22)21-17-9-6-15(19)12-13(17)2/h4-9,12,20H,3,10-11H2,1-2H3,(H,21,22). The maximum absolute atomic E-state index is 12.0. The van der Waals surface area contributed by atoms with Crippen molar-refractivity contribution < 1.29 is 4.79 Å². The molecule has 0 aromatic heterocycles. The van der Waals surface area contributed by atoms with Gasteiger partial charge in [0.25, 0.3) is 0 Å². The summed E-state index contributed by atoms with van der Waals surface area (Å²) in [6.45, 7) is 4.66. The maximum atomic E-state index is 12.0. The Morgan fingerprint density at radius 1 is 1.14 bits per heavy atom. The van der Waals surface area contributed by atoms with E-state index in [4.69, 9.17) is 11.6 Å². The second-order valence-electron chi connectivity index (χ2n) is 5.23. The van der Waals surface area contributed by atoms with Crippen molar-refractivity contribution in [1.82, 2.24) is 0 Å².